The number of carboxylic acids is 1. The van der Waals surface area contributed by atoms with Crippen LogP contribution in [0.25, 0.3) is 0 Å². The number of hydrogen-bond donors (Lipinski definition) is 2. The molecule has 1 amide bonds. The highest BCUT2D eigenvalue weighted by Crippen LogP contribution is 2.42. The number of carboxylic acid groups (broad SMARTS) is 1. The molecule has 5 nitrogen and oxygen atoms in total. The van der Waals surface area contributed by atoms with Gasteiger partial charge in [0, 0.05) is 18.4 Å². The van der Waals surface area contributed by atoms with Crippen LogP contribution in [0.5, 0.6) is 0 Å². The molecule has 1 aliphatic carbocycles. The minimum absolute atomic E-state index is 0.0124. The van der Waals surface area contributed by atoms with Crippen molar-refractivity contribution in [3.63, 3.8) is 0 Å². The van der Waals surface area contributed by atoms with Crippen molar-refractivity contribution in [1.29, 1.82) is 0 Å². The summed E-state index contributed by atoms with van der Waals surface area (Å²) in [6, 6.07) is -0.0891. The second-order valence-electron chi connectivity index (χ2n) is 6.31. The average molecular weight is 279 g/mol. The molecule has 2 rings (SSSR count). The summed E-state index contributed by atoms with van der Waals surface area (Å²) in [6.07, 6.45) is 3.29. The molecule has 0 fully saturated rings. The maximum absolute atomic E-state index is 11.9. The molecule has 0 bridgehead atoms. The molecule has 110 valence electrons. The van der Waals surface area contributed by atoms with E-state index >= 15 is 0 Å². The van der Waals surface area contributed by atoms with Crippen LogP contribution in [-0.2, 0) is 16.0 Å². The summed E-state index contributed by atoms with van der Waals surface area (Å²) in [5.41, 5.74) is 2.16. The van der Waals surface area contributed by atoms with Crippen LogP contribution in [-0.4, -0.2) is 17.0 Å². The molecule has 0 saturated carbocycles. The minimum Gasteiger partial charge on any atom is -0.481 e. The molecule has 1 aromatic rings. The van der Waals surface area contributed by atoms with E-state index in [1.54, 1.807) is 6.26 Å². The van der Waals surface area contributed by atoms with E-state index in [0.717, 1.165) is 29.7 Å². The van der Waals surface area contributed by atoms with Crippen LogP contribution in [0.1, 0.15) is 56.0 Å². The van der Waals surface area contributed by atoms with Crippen molar-refractivity contribution in [3.8, 4) is 0 Å². The number of carbonyl (C=O) groups is 2. The Labute approximate surface area is 118 Å². The van der Waals surface area contributed by atoms with E-state index in [0.29, 0.717) is 0 Å². The van der Waals surface area contributed by atoms with E-state index in [1.165, 1.54) is 0 Å². The third-order valence-corrected chi connectivity index (χ3v) is 3.75. The highest BCUT2D eigenvalue weighted by Gasteiger charge is 2.36. The maximum Gasteiger partial charge on any atom is 0.303 e. The van der Waals surface area contributed by atoms with Gasteiger partial charge in [0.15, 0.2) is 0 Å². The smallest absolute Gasteiger partial charge is 0.303 e. The number of nitrogens with one attached hydrogen (secondary N) is 1. The van der Waals surface area contributed by atoms with Gasteiger partial charge in [0.05, 0.1) is 18.7 Å². The van der Waals surface area contributed by atoms with Crippen LogP contribution >= 0.6 is 0 Å². The molecule has 5 heteroatoms. The first-order chi connectivity index (χ1) is 9.28. The summed E-state index contributed by atoms with van der Waals surface area (Å²) in [7, 11) is 0. The molecular weight excluding hydrogens is 258 g/mol. The third-order valence-electron chi connectivity index (χ3n) is 3.75. The lowest BCUT2D eigenvalue weighted by Gasteiger charge is -2.35. The first-order valence-electron chi connectivity index (χ1n) is 6.86. The lowest BCUT2D eigenvalue weighted by molar-refractivity contribution is -0.139. The zero-order chi connectivity index (χ0) is 14.9. The van der Waals surface area contributed by atoms with Crippen LogP contribution in [0.3, 0.4) is 0 Å². The van der Waals surface area contributed by atoms with Gasteiger partial charge in [0.25, 0.3) is 0 Å². The Hall–Kier alpha value is -1.78. The fraction of sp³-hybridized carbons (Fsp3) is 0.600. The van der Waals surface area contributed by atoms with Gasteiger partial charge < -0.3 is 14.8 Å². The molecule has 1 atom stereocenters. The second kappa shape index (κ2) is 5.31. The summed E-state index contributed by atoms with van der Waals surface area (Å²) in [5.74, 6) is -0.242. The van der Waals surface area contributed by atoms with Gasteiger partial charge in [-0.1, -0.05) is 13.8 Å². The Bertz CT molecular complexity index is 530. The highest BCUT2D eigenvalue weighted by molar-refractivity contribution is 5.81. The normalized spacial score (nSPS) is 20.2. The number of rotatable bonds is 4. The fourth-order valence-corrected chi connectivity index (χ4v) is 2.88. The van der Waals surface area contributed by atoms with Crippen molar-refractivity contribution in [2.45, 2.75) is 52.5 Å². The van der Waals surface area contributed by atoms with Crippen LogP contribution in [0, 0.1) is 12.3 Å². The SMILES string of the molecule is Cc1coc2c1C(NC(=O)CCC(=O)O)CC(C)(C)C2. The number of furan rings is 1. The topological polar surface area (TPSA) is 79.5 Å². The molecule has 0 saturated heterocycles. The van der Waals surface area contributed by atoms with E-state index in [9.17, 15) is 9.59 Å². The first kappa shape index (κ1) is 14.6. The molecule has 0 aromatic carbocycles. The van der Waals surface area contributed by atoms with Crippen LogP contribution < -0.4 is 5.32 Å². The van der Waals surface area contributed by atoms with Gasteiger partial charge in [-0.15, -0.1) is 0 Å². The van der Waals surface area contributed by atoms with Crippen molar-refractivity contribution in [2.24, 2.45) is 5.41 Å². The summed E-state index contributed by atoms with van der Waals surface area (Å²) >= 11 is 0. The summed E-state index contributed by atoms with van der Waals surface area (Å²) in [4.78, 5) is 22.4. The molecule has 0 aliphatic heterocycles. The van der Waals surface area contributed by atoms with E-state index in [1.807, 2.05) is 6.92 Å². The molecular formula is C15H21NO4. The van der Waals surface area contributed by atoms with Crippen LogP contribution in [0.2, 0.25) is 0 Å². The van der Waals surface area contributed by atoms with E-state index < -0.39 is 5.97 Å². The monoisotopic (exact) mass is 279 g/mol. The van der Waals surface area contributed by atoms with Gasteiger partial charge in [-0.05, 0) is 24.3 Å². The number of carbonyl (C=O) groups excluding carboxylic acids is 1. The van der Waals surface area contributed by atoms with Gasteiger partial charge in [-0.3, -0.25) is 9.59 Å². The van der Waals surface area contributed by atoms with Gasteiger partial charge >= 0.3 is 5.97 Å². The lowest BCUT2D eigenvalue weighted by Crippen LogP contribution is -2.36. The number of hydrogen-bond acceptors (Lipinski definition) is 3. The van der Waals surface area contributed by atoms with Crippen molar-refractivity contribution < 1.29 is 19.1 Å². The molecule has 20 heavy (non-hydrogen) atoms. The number of aryl methyl sites for hydroxylation is 1. The predicted octanol–water partition coefficient (Wildman–Crippen LogP) is 2.58. The van der Waals surface area contributed by atoms with Crippen molar-refractivity contribution in [1.82, 2.24) is 5.32 Å². The molecule has 0 spiro atoms. The van der Waals surface area contributed by atoms with E-state index in [4.69, 9.17) is 9.52 Å². The largest absolute Gasteiger partial charge is 0.481 e. The van der Waals surface area contributed by atoms with Gasteiger partial charge in [0.2, 0.25) is 5.91 Å². The van der Waals surface area contributed by atoms with E-state index in [-0.39, 0.29) is 30.2 Å². The first-order valence-corrected chi connectivity index (χ1v) is 6.86. The summed E-state index contributed by atoms with van der Waals surface area (Å²) < 4.78 is 5.59. The highest BCUT2D eigenvalue weighted by atomic mass is 16.4. The Kier molecular flexibility index (Phi) is 3.88. The predicted molar refractivity (Wildman–Crippen MR) is 73.3 cm³/mol. The minimum atomic E-state index is -0.954. The van der Waals surface area contributed by atoms with Gasteiger partial charge in [0.1, 0.15) is 5.76 Å². The van der Waals surface area contributed by atoms with Crippen molar-refractivity contribution >= 4 is 11.9 Å². The third kappa shape index (κ3) is 3.21. The molecule has 1 aliphatic rings. The van der Waals surface area contributed by atoms with Crippen LogP contribution in [0.4, 0.5) is 0 Å². The lowest BCUT2D eigenvalue weighted by atomic mass is 9.74. The molecule has 1 aromatic heterocycles. The maximum atomic E-state index is 11.9. The van der Waals surface area contributed by atoms with Crippen LogP contribution in [0.15, 0.2) is 10.7 Å². The quantitative estimate of drug-likeness (QED) is 0.887. The van der Waals surface area contributed by atoms with Gasteiger partial charge in [-0.2, -0.15) is 0 Å². The standard InChI is InChI=1S/C15H21NO4/c1-9-8-20-11-7-15(2,3)6-10(14(9)11)16-12(17)4-5-13(18)19/h8,10H,4-7H2,1-3H3,(H,16,17)(H,18,19). The van der Waals surface area contributed by atoms with E-state index in [2.05, 4.69) is 19.2 Å². The average Bonchev–Trinajstić information content (AvgIpc) is 2.66. The Morgan fingerprint density at radius 2 is 2.15 bits per heavy atom. The Morgan fingerprint density at radius 3 is 2.80 bits per heavy atom. The number of fused-ring (bicyclic) bond motifs is 1. The number of amides is 1. The van der Waals surface area contributed by atoms with Crippen molar-refractivity contribution in [3.05, 3.63) is 23.2 Å². The zero-order valence-corrected chi connectivity index (χ0v) is 12.2. The molecule has 1 heterocycles. The second-order valence-corrected chi connectivity index (χ2v) is 6.31. The molecule has 1 unspecified atom stereocenters. The summed E-state index contributed by atoms with van der Waals surface area (Å²) in [6.45, 7) is 6.26. The number of aliphatic carboxylic acids is 1. The Morgan fingerprint density at radius 1 is 1.45 bits per heavy atom. The Balaban J connectivity index is 2.12. The molecule has 2 N–H and O–H groups in total. The zero-order valence-electron chi connectivity index (χ0n) is 12.2. The fourth-order valence-electron chi connectivity index (χ4n) is 2.88. The summed E-state index contributed by atoms with van der Waals surface area (Å²) in [5, 5.41) is 11.6. The molecule has 0 radical (unpaired) electrons. The van der Waals surface area contributed by atoms with Crippen molar-refractivity contribution in [2.75, 3.05) is 0 Å². The van der Waals surface area contributed by atoms with Gasteiger partial charge in [-0.25, -0.2) is 0 Å².